The van der Waals surface area contributed by atoms with Crippen molar-refractivity contribution in [1.29, 1.82) is 0 Å². The van der Waals surface area contributed by atoms with Gasteiger partial charge in [-0.2, -0.15) is 35.5 Å². The Morgan fingerprint density at radius 3 is 1.06 bits per heavy atom. The van der Waals surface area contributed by atoms with Crippen LogP contribution in [0.1, 0.15) is 111 Å². The van der Waals surface area contributed by atoms with Gasteiger partial charge in [0.25, 0.3) is 5.89 Å². The minimum atomic E-state index is -0.946. The van der Waals surface area contributed by atoms with Crippen molar-refractivity contribution in [2.75, 3.05) is 21.3 Å². The first-order chi connectivity index (χ1) is 60.3. The number of benzene rings is 4. The minimum absolute atomic E-state index is 0.00577. The number of carbonyl (C=O) groups is 4. The van der Waals surface area contributed by atoms with Gasteiger partial charge in [0.15, 0.2) is 57.5 Å². The van der Waals surface area contributed by atoms with Gasteiger partial charge in [-0.25, -0.2) is 61.7 Å². The summed E-state index contributed by atoms with van der Waals surface area (Å²) < 4.78 is 23.7. The highest BCUT2D eigenvalue weighted by atomic mass is 16.5. The lowest BCUT2D eigenvalue weighted by atomic mass is 9.98. The first kappa shape index (κ1) is 76.8. The van der Waals surface area contributed by atoms with Crippen molar-refractivity contribution in [3.63, 3.8) is 0 Å². The fraction of sp³-hybridized carbons (Fsp3) is 0.275. The van der Waals surface area contributed by atoms with Gasteiger partial charge in [0.2, 0.25) is 41.2 Å². The topological polar surface area (TPSA) is 540 Å². The molecular weight excluding hydrogens is 1600 g/mol. The lowest BCUT2D eigenvalue weighted by Crippen LogP contribution is -2.15. The van der Waals surface area contributed by atoms with Gasteiger partial charge in [-0.05, 0) is 186 Å². The van der Waals surface area contributed by atoms with Gasteiger partial charge in [0, 0.05) is 47.3 Å². The molecule has 15 heterocycles. The molecule has 4 aliphatic rings. The van der Waals surface area contributed by atoms with E-state index in [9.17, 15) is 29.4 Å². The number of aromatic amines is 1. The van der Waals surface area contributed by atoms with Crippen LogP contribution in [0.5, 0.6) is 0 Å². The highest BCUT2D eigenvalue weighted by Gasteiger charge is 2.34. The summed E-state index contributed by atoms with van der Waals surface area (Å²) in [6.07, 6.45) is 14.4. The second-order valence-corrected chi connectivity index (χ2v) is 31.0. The lowest BCUT2D eigenvalue weighted by Gasteiger charge is -2.17. The molecule has 15 aromatic heterocycles. The number of imidazole rings is 4. The summed E-state index contributed by atoms with van der Waals surface area (Å²) in [5.41, 5.74) is 14.1. The summed E-state index contributed by atoms with van der Waals surface area (Å²) in [4.78, 5) is 78.1. The second kappa shape index (κ2) is 31.7. The maximum Gasteiger partial charge on any atom is 0.252 e. The third kappa shape index (κ3) is 16.7. The van der Waals surface area contributed by atoms with E-state index in [4.69, 9.17) is 14.2 Å². The lowest BCUT2D eigenvalue weighted by molar-refractivity contribution is -0.118. The van der Waals surface area contributed by atoms with E-state index in [1.165, 1.54) is 0 Å². The van der Waals surface area contributed by atoms with Crippen LogP contribution in [0.15, 0.2) is 155 Å². The van der Waals surface area contributed by atoms with Gasteiger partial charge in [-0.3, -0.25) is 24.3 Å². The van der Waals surface area contributed by atoms with E-state index >= 15 is 0 Å². The monoisotopic (exact) mass is 1670 g/mol. The van der Waals surface area contributed by atoms with E-state index in [0.717, 1.165) is 135 Å². The molecule has 23 rings (SSSR count). The molecule has 0 aliphatic heterocycles. The van der Waals surface area contributed by atoms with E-state index in [2.05, 4.69) is 138 Å². The van der Waals surface area contributed by atoms with Crippen molar-refractivity contribution >= 4 is 114 Å². The molecule has 8 N–H and O–H groups in total. The van der Waals surface area contributed by atoms with Crippen LogP contribution >= 0.6 is 0 Å². The number of amides is 4. The smallest absolute Gasteiger partial charge is 0.252 e. The van der Waals surface area contributed by atoms with Gasteiger partial charge >= 0.3 is 0 Å². The fourth-order valence-corrected chi connectivity index (χ4v) is 13.6. The summed E-state index contributed by atoms with van der Waals surface area (Å²) in [7, 11) is 0. The molecule has 622 valence electrons. The Morgan fingerprint density at radius 2 is 0.750 bits per heavy atom. The Kier molecular flexibility index (Phi) is 19.6. The highest BCUT2D eigenvalue weighted by Crippen LogP contribution is 2.35. The van der Waals surface area contributed by atoms with Crippen LogP contribution in [-0.2, 0) is 64.2 Å². The quantitative estimate of drug-likeness (QED) is 0.0342. The number of aliphatic hydroxyl groups excluding tert-OH is 2. The zero-order valence-electron chi connectivity index (χ0n) is 66.3. The zero-order valence-corrected chi connectivity index (χ0v) is 66.3. The first-order valence-electron chi connectivity index (χ1n) is 39.8. The molecule has 19 aromatic rings. The van der Waals surface area contributed by atoms with Crippen molar-refractivity contribution in [2.45, 2.75) is 117 Å². The van der Waals surface area contributed by atoms with E-state index < -0.39 is 5.60 Å². The maximum atomic E-state index is 12.0. The van der Waals surface area contributed by atoms with Crippen LogP contribution in [0, 0.1) is 30.6 Å². The molecule has 44 heteroatoms. The average Bonchev–Trinajstić information content (AvgIpc) is 1.63. The number of aliphatic hydroxyl groups is 3. The van der Waals surface area contributed by atoms with Crippen LogP contribution in [0.25, 0.3) is 101 Å². The Morgan fingerprint density at radius 1 is 0.411 bits per heavy atom. The Bertz CT molecular complexity index is 7090. The molecule has 124 heavy (non-hydrogen) atoms. The molecule has 0 saturated heterocycles. The van der Waals surface area contributed by atoms with Crippen LogP contribution in [0.2, 0.25) is 0 Å². The molecule has 4 fully saturated rings. The molecule has 4 aromatic carbocycles. The number of hydrogen-bond donors (Lipinski definition) is 8. The molecule has 0 atom stereocenters. The number of hydrogen-bond acceptors (Lipinski definition) is 31. The largest absolute Gasteiger partial charge is 0.388 e. The normalized spacial score (nSPS) is 14.0. The number of aromatic nitrogens is 31. The molecule has 4 saturated carbocycles. The van der Waals surface area contributed by atoms with Crippen molar-refractivity contribution < 1.29 is 43.5 Å². The number of nitrogens with zero attached hydrogens (tertiary/aromatic N) is 30. The van der Waals surface area contributed by atoms with Crippen molar-refractivity contribution in [3.8, 4) is 34.2 Å². The van der Waals surface area contributed by atoms with Crippen LogP contribution in [-0.4, -0.2) is 193 Å². The Hall–Kier alpha value is -15.9. The number of H-pyrrole nitrogens is 1. The second-order valence-electron chi connectivity index (χ2n) is 31.0. The van der Waals surface area contributed by atoms with Gasteiger partial charge < -0.3 is 45.6 Å². The Balaban J connectivity index is 0.000000105. The van der Waals surface area contributed by atoms with E-state index in [-0.39, 0.29) is 66.4 Å². The van der Waals surface area contributed by atoms with Crippen LogP contribution < -0.4 is 21.3 Å². The minimum Gasteiger partial charge on any atom is -0.388 e. The number of anilines is 4. The van der Waals surface area contributed by atoms with Crippen molar-refractivity contribution in [3.05, 3.63) is 192 Å². The number of aryl methyl sites for hydroxylation is 1. The molecule has 0 bridgehead atoms. The number of rotatable bonds is 22. The number of carbonyl (C=O) groups excluding carboxylic acids is 4. The molecule has 4 aliphatic carbocycles. The summed E-state index contributed by atoms with van der Waals surface area (Å²) in [5, 5.41) is 107. The third-order valence-corrected chi connectivity index (χ3v) is 20.9. The SMILES string of the molecule is CC(C)(O)c1ccc2nnn(Cc3ccc4nc(NC(=O)C5CC5)cn4n3)c2c1.Cc1nc(-c2ccc3nnn(Cc4ccc5nc(NC(=O)C6CC6)cn5n4)c3c2)no1.O=C(Nc1cn2nc(Cn3nnc4ccc(-c5n[nH]c(CO)n5)cc43)ccc2n1)C1CC1.O=C(Nc1cn2nc(Cn3nnc4ccc(-c5noc(CO)n5)cc43)ccc2n1)C1CC1. The highest BCUT2D eigenvalue weighted by molar-refractivity contribution is 5.96. The predicted molar refractivity (Wildman–Crippen MR) is 438 cm³/mol. The summed E-state index contributed by atoms with van der Waals surface area (Å²) in [6, 6.07) is 37.3. The molecule has 0 spiro atoms. The van der Waals surface area contributed by atoms with E-state index in [1.54, 1.807) is 82.3 Å². The maximum absolute atomic E-state index is 12.0. The summed E-state index contributed by atoms with van der Waals surface area (Å²) in [6.45, 7) is 6.34. The summed E-state index contributed by atoms with van der Waals surface area (Å²) >= 11 is 0. The first-order valence-corrected chi connectivity index (χ1v) is 39.8. The van der Waals surface area contributed by atoms with Crippen LogP contribution in [0.3, 0.4) is 0 Å². The fourth-order valence-electron chi connectivity index (χ4n) is 13.6. The predicted octanol–water partition coefficient (Wildman–Crippen LogP) is 6.89. The van der Waals surface area contributed by atoms with Gasteiger partial charge in [-0.15, -0.1) is 20.4 Å². The number of fused-ring (bicyclic) bond motifs is 8. The zero-order chi connectivity index (χ0) is 84.4. The molecular formula is C80H73N35O9. The summed E-state index contributed by atoms with van der Waals surface area (Å²) in [5.74, 6) is 4.96. The van der Waals surface area contributed by atoms with Crippen LogP contribution in [0.4, 0.5) is 23.3 Å². The number of nitrogens with one attached hydrogen (secondary N) is 5. The van der Waals surface area contributed by atoms with Gasteiger partial charge in [0.1, 0.15) is 35.3 Å². The van der Waals surface area contributed by atoms with E-state index in [1.807, 2.05) is 121 Å². The molecule has 44 nitrogen and oxygen atoms in total. The molecule has 4 amide bonds. The van der Waals surface area contributed by atoms with Crippen molar-refractivity contribution in [1.82, 2.24) is 154 Å². The standard InChI is InChI=1S/C20H18N10O2.C20H17N9O3.C20H17N9O2.C20H21N7O2/c31-10-17-22-19(26-25-17)12-3-5-14-15(7-12)29(28-24-14)8-13-4-6-18-21-16(9-30(18)27-13)23-20(32)11-1-2-11;30-10-18-23-19(26-32-18)12-3-5-14-15(7-12)28(27-24-14)8-13-4-6-17-21-16(9-29(17)25-13)22-20(31)11-1-2-11;1-11-21-19(26-31-11)13-4-6-15-16(8-13)28(27-24-15)9-14-5-7-18-22-17(10-29(18)25-14)23-20(30)12-2-3-12;1-20(2,29)13-5-7-15-16(9-13)26(25-23-15)10-14-6-8-18-21-17(11-27(18)24-14)22-19(28)12-3-4-12/h3-7,9,11,31H,1-2,8,10H2,(H,23,32)(H,22,25,26);3-7,9,11,30H,1-2,8,10H2,(H,22,31);4-8,10,12H,2-3,9H2,1H3,(H,23,30);5-9,11-12,29H,3-4,10H2,1-2H3,(H,22,28). The van der Waals surface area contributed by atoms with Gasteiger partial charge in [-0.1, -0.05) is 37.2 Å². The van der Waals surface area contributed by atoms with Gasteiger partial charge in [0.05, 0.1) is 101 Å². The molecule has 0 unspecified atom stereocenters. The molecule has 0 radical (unpaired) electrons. The third-order valence-electron chi connectivity index (χ3n) is 20.9. The Labute approximate surface area is 696 Å². The van der Waals surface area contributed by atoms with E-state index in [0.29, 0.717) is 107 Å². The average molecular weight is 1670 g/mol. The van der Waals surface area contributed by atoms with Crippen molar-refractivity contribution in [2.24, 2.45) is 23.7 Å².